The Bertz CT molecular complexity index is 1760. The minimum Gasteiger partial charge on any atom is -0.481 e. The largest absolute Gasteiger partial charge is 0.481 e. The van der Waals surface area contributed by atoms with Crippen LogP contribution in [0.15, 0.2) is 0 Å². The van der Waals surface area contributed by atoms with Gasteiger partial charge in [0.15, 0.2) is 0 Å². The van der Waals surface area contributed by atoms with Crippen LogP contribution in [0.4, 0.5) is 0 Å². The minimum absolute atomic E-state index is 0.0529. The second-order valence-corrected chi connectivity index (χ2v) is 23.0. The zero-order valence-electron chi connectivity index (χ0n) is 47.2. The topological polar surface area (TPSA) is 288 Å². The number of aliphatic carboxylic acids is 2. The number of carbonyl (C=O) groups excluding carboxylic acids is 7. The molecule has 1 rings (SSSR count). The van der Waals surface area contributed by atoms with Crippen molar-refractivity contribution in [1.29, 1.82) is 0 Å². The number of unbranched alkanes of at least 4 members (excludes halogenated alkanes) is 7. The third-order valence-electron chi connectivity index (χ3n) is 13.2. The Morgan fingerprint density at radius 2 is 0.973 bits per heavy atom. The van der Waals surface area contributed by atoms with Gasteiger partial charge in [-0.05, 0) is 80.5 Å². The number of carboxylic acid groups (broad SMARTS) is 2. The summed E-state index contributed by atoms with van der Waals surface area (Å²) in [6.07, 6.45) is 7.84. The van der Waals surface area contributed by atoms with E-state index in [-0.39, 0.29) is 68.7 Å². The molecule has 0 aliphatic carbocycles. The number of carbonyl (C=O) groups is 9. The molecule has 0 saturated carbocycles. The normalized spacial score (nSPS) is 24.3. The molecule has 0 aromatic rings. The standard InChI is InChI=1S/C55H99N7O12/c1-13-38(12)49-55(73)74-40(23-21-19-17-15-14-16-18-20-22-33(2)3)30-46(63)58-41(24-25-47(64)65)50(68)59-43(28-36(8)9)52(70)57-39(26-34(4)5)32-56-42(27-35(6)7)51(69)61-45(31-48(66)67)53(71)60-44(29-37(10)11)54(72)62-49/h33-45,49,56H,13-32H2,1-12H3,(H,57,70)(H,58,63)(H,59,68)(H,60,71)(H,61,69)(H,62,72)(H,64,65)(H,66,67)/t38-,39+,40?,41-,42-,43-,44+,45-,49-/m0/s1. The molecule has 74 heavy (non-hydrogen) atoms. The zero-order chi connectivity index (χ0) is 56.1. The maximum Gasteiger partial charge on any atom is 0.329 e. The van der Waals surface area contributed by atoms with Crippen LogP contribution < -0.4 is 37.2 Å². The van der Waals surface area contributed by atoms with Gasteiger partial charge in [-0.3, -0.25) is 38.4 Å². The lowest BCUT2D eigenvalue weighted by atomic mass is 9.97. The van der Waals surface area contributed by atoms with E-state index in [0.29, 0.717) is 25.2 Å². The smallest absolute Gasteiger partial charge is 0.329 e. The van der Waals surface area contributed by atoms with Crippen molar-refractivity contribution in [2.75, 3.05) is 6.54 Å². The van der Waals surface area contributed by atoms with Gasteiger partial charge in [0.1, 0.15) is 36.3 Å². The SMILES string of the molecule is CC[C@H](C)[C@@H]1NC(=O)[C@@H](CC(C)C)NC(=O)[C@H](CC(=O)O)NC(=O)[C@H](CC(C)C)NC[C@@H](CC(C)C)NC(=O)[C@H](CC(C)C)NC(=O)[C@H](CCC(=O)O)NC(=O)CC(CCCCCCCCCCC(C)C)OC1=O. The third kappa shape index (κ3) is 29.3. The van der Waals surface area contributed by atoms with Crippen LogP contribution in [0.5, 0.6) is 0 Å². The molecule has 1 heterocycles. The van der Waals surface area contributed by atoms with Crippen LogP contribution in [-0.4, -0.2) is 119 Å². The van der Waals surface area contributed by atoms with Crippen LogP contribution in [0.3, 0.4) is 0 Å². The van der Waals surface area contributed by atoms with Gasteiger partial charge < -0.3 is 52.2 Å². The molecule has 19 heteroatoms. The minimum atomic E-state index is -1.60. The number of rotatable bonds is 26. The Kier molecular flexibility index (Phi) is 32.9. The van der Waals surface area contributed by atoms with Gasteiger partial charge in [-0.15, -0.1) is 0 Å². The van der Waals surface area contributed by atoms with Crippen molar-refractivity contribution < 1.29 is 58.1 Å². The fraction of sp³-hybridized carbons (Fsp3) is 0.836. The molecule has 0 aromatic carbocycles. The highest BCUT2D eigenvalue weighted by Gasteiger charge is 2.37. The number of cyclic esters (lactones) is 1. The molecule has 19 nitrogen and oxygen atoms in total. The predicted molar refractivity (Wildman–Crippen MR) is 285 cm³/mol. The highest BCUT2D eigenvalue weighted by molar-refractivity contribution is 5.96. The fourth-order valence-corrected chi connectivity index (χ4v) is 9.05. The highest BCUT2D eigenvalue weighted by Crippen LogP contribution is 2.20. The lowest BCUT2D eigenvalue weighted by Crippen LogP contribution is -2.59. The van der Waals surface area contributed by atoms with Gasteiger partial charge in [0.05, 0.1) is 18.9 Å². The van der Waals surface area contributed by atoms with Crippen molar-refractivity contribution in [3.63, 3.8) is 0 Å². The second kappa shape index (κ2) is 36.2. The van der Waals surface area contributed by atoms with E-state index in [2.05, 4.69) is 51.1 Å². The predicted octanol–water partition coefficient (Wildman–Crippen LogP) is 6.30. The highest BCUT2D eigenvalue weighted by atomic mass is 16.5. The number of amides is 6. The zero-order valence-corrected chi connectivity index (χ0v) is 47.2. The van der Waals surface area contributed by atoms with Crippen molar-refractivity contribution >= 4 is 53.4 Å². The lowest BCUT2D eigenvalue weighted by Gasteiger charge is -2.30. The molecule has 0 radical (unpaired) electrons. The van der Waals surface area contributed by atoms with E-state index in [1.54, 1.807) is 6.92 Å². The lowest BCUT2D eigenvalue weighted by molar-refractivity contribution is -0.156. The second-order valence-electron chi connectivity index (χ2n) is 23.0. The molecule has 426 valence electrons. The maximum absolute atomic E-state index is 14.3. The number of esters is 1. The summed E-state index contributed by atoms with van der Waals surface area (Å²) in [7, 11) is 0. The molecule has 1 unspecified atom stereocenters. The average Bonchev–Trinajstić information content (AvgIpc) is 3.28. The Morgan fingerprint density at radius 1 is 0.514 bits per heavy atom. The summed E-state index contributed by atoms with van der Waals surface area (Å²) < 4.78 is 6.10. The van der Waals surface area contributed by atoms with Gasteiger partial charge in [0, 0.05) is 19.0 Å². The molecule has 9 N–H and O–H groups in total. The van der Waals surface area contributed by atoms with Crippen molar-refractivity contribution in [2.45, 2.75) is 253 Å². The average molecular weight is 1050 g/mol. The van der Waals surface area contributed by atoms with Crippen molar-refractivity contribution in [3.8, 4) is 0 Å². The first-order valence-corrected chi connectivity index (χ1v) is 27.9. The Hall–Kier alpha value is -4.81. The van der Waals surface area contributed by atoms with E-state index in [9.17, 15) is 53.4 Å². The molecule has 1 fully saturated rings. The number of ether oxygens (including phenoxy) is 1. The summed E-state index contributed by atoms with van der Waals surface area (Å²) in [6, 6.07) is -8.14. The molecule has 1 aliphatic heterocycles. The molecule has 0 spiro atoms. The first-order chi connectivity index (χ1) is 34.7. The van der Waals surface area contributed by atoms with E-state index in [0.717, 1.165) is 32.1 Å². The van der Waals surface area contributed by atoms with Gasteiger partial charge in [-0.25, -0.2) is 4.79 Å². The van der Waals surface area contributed by atoms with Gasteiger partial charge in [0.25, 0.3) is 0 Å². The van der Waals surface area contributed by atoms with Crippen LogP contribution >= 0.6 is 0 Å². The molecular weight excluding hydrogens is 951 g/mol. The summed E-state index contributed by atoms with van der Waals surface area (Å²) in [6.45, 7) is 23.2. The Labute approximate surface area is 442 Å². The molecule has 0 aromatic heterocycles. The summed E-state index contributed by atoms with van der Waals surface area (Å²) in [5, 5.41) is 39.3. The van der Waals surface area contributed by atoms with E-state index in [4.69, 9.17) is 4.74 Å². The molecule has 1 aliphatic rings. The van der Waals surface area contributed by atoms with Gasteiger partial charge >= 0.3 is 17.9 Å². The number of nitrogens with one attached hydrogen (secondary N) is 7. The van der Waals surface area contributed by atoms with Crippen LogP contribution in [0.2, 0.25) is 0 Å². The number of carboxylic acids is 2. The van der Waals surface area contributed by atoms with E-state index >= 15 is 0 Å². The van der Waals surface area contributed by atoms with E-state index < -0.39 is 121 Å². The van der Waals surface area contributed by atoms with E-state index in [1.807, 2.05) is 62.3 Å². The van der Waals surface area contributed by atoms with Crippen LogP contribution in [0, 0.1) is 35.5 Å². The number of hydrogen-bond donors (Lipinski definition) is 9. The van der Waals surface area contributed by atoms with Gasteiger partial charge in [-0.1, -0.05) is 141 Å². The summed E-state index contributed by atoms with van der Waals surface area (Å²) in [5.41, 5.74) is 0. The fourth-order valence-electron chi connectivity index (χ4n) is 9.05. The summed E-state index contributed by atoms with van der Waals surface area (Å²) in [5.74, 6) is -7.81. The van der Waals surface area contributed by atoms with Crippen LogP contribution in [-0.2, 0) is 47.9 Å². The summed E-state index contributed by atoms with van der Waals surface area (Å²) in [4.78, 5) is 123. The molecule has 9 atom stereocenters. The van der Waals surface area contributed by atoms with Crippen molar-refractivity contribution in [3.05, 3.63) is 0 Å². The quantitative estimate of drug-likeness (QED) is 0.0340. The molecular formula is C55H99N7O12. The molecule has 0 bridgehead atoms. The van der Waals surface area contributed by atoms with Crippen LogP contribution in [0.1, 0.15) is 205 Å². The van der Waals surface area contributed by atoms with Gasteiger partial charge in [0.2, 0.25) is 35.4 Å². The molecule has 6 amide bonds. The van der Waals surface area contributed by atoms with Crippen molar-refractivity contribution in [2.24, 2.45) is 35.5 Å². The number of hydrogen-bond acceptors (Lipinski definition) is 11. The van der Waals surface area contributed by atoms with Crippen LogP contribution in [0.25, 0.3) is 0 Å². The first-order valence-electron chi connectivity index (χ1n) is 27.9. The Morgan fingerprint density at radius 3 is 1.47 bits per heavy atom. The van der Waals surface area contributed by atoms with Gasteiger partial charge in [-0.2, -0.15) is 0 Å². The summed E-state index contributed by atoms with van der Waals surface area (Å²) >= 11 is 0. The molecule has 1 saturated heterocycles. The first kappa shape index (κ1) is 67.2. The van der Waals surface area contributed by atoms with Crippen molar-refractivity contribution in [1.82, 2.24) is 37.2 Å². The third-order valence-corrected chi connectivity index (χ3v) is 13.2. The van der Waals surface area contributed by atoms with E-state index in [1.165, 1.54) is 19.3 Å². The monoisotopic (exact) mass is 1050 g/mol. The maximum atomic E-state index is 14.3. The Balaban J connectivity index is 3.90.